The first kappa shape index (κ1) is 13.0. The van der Waals surface area contributed by atoms with Crippen LogP contribution in [0, 0.1) is 5.92 Å². The molecule has 2 atom stereocenters. The molecule has 0 aromatic heterocycles. The average Bonchev–Trinajstić information content (AvgIpc) is 2.26. The summed E-state index contributed by atoms with van der Waals surface area (Å²) in [5, 5.41) is 18.0. The lowest BCUT2D eigenvalue weighted by Crippen LogP contribution is -2.43. The molecule has 1 aliphatic heterocycles. The number of aliphatic hydroxyl groups excluding tert-OH is 1. The van der Waals surface area contributed by atoms with Crippen molar-refractivity contribution in [1.82, 2.24) is 4.90 Å². The zero-order valence-corrected chi connectivity index (χ0v) is 9.56. The number of amides is 1. The lowest BCUT2D eigenvalue weighted by molar-refractivity contribution is -0.141. The lowest BCUT2D eigenvalue weighted by atomic mass is 9.93. The molecule has 5 heteroatoms. The fourth-order valence-electron chi connectivity index (χ4n) is 2.00. The molecule has 1 amide bonds. The first-order valence-corrected chi connectivity index (χ1v) is 5.68. The van der Waals surface area contributed by atoms with Gasteiger partial charge in [-0.05, 0) is 19.8 Å². The Morgan fingerprint density at radius 3 is 2.69 bits per heavy atom. The van der Waals surface area contributed by atoms with Gasteiger partial charge in [-0.2, -0.15) is 0 Å². The number of carbonyl (C=O) groups excluding carboxylic acids is 1. The van der Waals surface area contributed by atoms with E-state index in [2.05, 4.69) is 0 Å². The molecule has 0 radical (unpaired) electrons. The number of rotatable bonds is 4. The van der Waals surface area contributed by atoms with Gasteiger partial charge in [0.05, 0.1) is 12.5 Å². The minimum absolute atomic E-state index is 0.0574. The number of likely N-dealkylation sites (tertiary alicyclic amines) is 1. The van der Waals surface area contributed by atoms with Crippen LogP contribution in [0.1, 0.15) is 32.6 Å². The smallest absolute Gasteiger partial charge is 0.303 e. The van der Waals surface area contributed by atoms with E-state index < -0.39 is 12.1 Å². The molecular formula is C11H19NO4. The molecule has 1 fully saturated rings. The molecule has 0 saturated carbocycles. The van der Waals surface area contributed by atoms with Gasteiger partial charge in [0.1, 0.15) is 0 Å². The van der Waals surface area contributed by atoms with Crippen LogP contribution in [0.15, 0.2) is 0 Å². The summed E-state index contributed by atoms with van der Waals surface area (Å²) in [6.07, 6.45) is 1.35. The third-order valence-electron chi connectivity index (χ3n) is 3.05. The van der Waals surface area contributed by atoms with Crippen LogP contribution < -0.4 is 0 Å². The van der Waals surface area contributed by atoms with Gasteiger partial charge in [-0.15, -0.1) is 0 Å². The molecule has 92 valence electrons. The molecule has 1 saturated heterocycles. The third-order valence-corrected chi connectivity index (χ3v) is 3.05. The van der Waals surface area contributed by atoms with Gasteiger partial charge in [-0.3, -0.25) is 9.59 Å². The summed E-state index contributed by atoms with van der Waals surface area (Å²) in [6, 6.07) is 0. The number of hydrogen-bond donors (Lipinski definition) is 2. The van der Waals surface area contributed by atoms with Crippen molar-refractivity contribution in [2.24, 2.45) is 5.92 Å². The molecule has 0 bridgehead atoms. The Morgan fingerprint density at radius 1 is 1.44 bits per heavy atom. The SMILES string of the molecule is C[C@@H](O)[C@H]1CCCN(C(=O)CCC(=O)O)C1. The molecule has 1 heterocycles. The maximum Gasteiger partial charge on any atom is 0.303 e. The quantitative estimate of drug-likeness (QED) is 0.734. The second-order valence-corrected chi connectivity index (χ2v) is 4.38. The van der Waals surface area contributed by atoms with Gasteiger partial charge in [0.15, 0.2) is 0 Å². The molecule has 1 rings (SSSR count). The molecule has 0 spiro atoms. The zero-order chi connectivity index (χ0) is 12.1. The van der Waals surface area contributed by atoms with E-state index in [9.17, 15) is 14.7 Å². The van der Waals surface area contributed by atoms with E-state index >= 15 is 0 Å². The van der Waals surface area contributed by atoms with Crippen molar-refractivity contribution in [2.45, 2.75) is 38.7 Å². The van der Waals surface area contributed by atoms with Gasteiger partial charge in [0.25, 0.3) is 0 Å². The van der Waals surface area contributed by atoms with Crippen LogP contribution in [-0.2, 0) is 9.59 Å². The zero-order valence-electron chi connectivity index (χ0n) is 9.56. The molecule has 2 N–H and O–H groups in total. The van der Waals surface area contributed by atoms with Crippen molar-refractivity contribution in [2.75, 3.05) is 13.1 Å². The number of nitrogens with zero attached hydrogens (tertiary/aromatic N) is 1. The minimum atomic E-state index is -0.947. The highest BCUT2D eigenvalue weighted by Gasteiger charge is 2.26. The predicted molar refractivity (Wildman–Crippen MR) is 57.9 cm³/mol. The molecule has 0 aromatic rings. The van der Waals surface area contributed by atoms with E-state index in [1.165, 1.54) is 0 Å². The molecule has 16 heavy (non-hydrogen) atoms. The molecular weight excluding hydrogens is 210 g/mol. The summed E-state index contributed by atoms with van der Waals surface area (Å²) in [4.78, 5) is 23.7. The highest BCUT2D eigenvalue weighted by atomic mass is 16.4. The number of hydrogen-bond acceptors (Lipinski definition) is 3. The van der Waals surface area contributed by atoms with Crippen molar-refractivity contribution < 1.29 is 19.8 Å². The number of piperidine rings is 1. The fraction of sp³-hybridized carbons (Fsp3) is 0.818. The molecule has 0 aliphatic carbocycles. The van der Waals surface area contributed by atoms with Gasteiger partial charge in [-0.25, -0.2) is 0 Å². The fourth-order valence-corrected chi connectivity index (χ4v) is 2.00. The minimum Gasteiger partial charge on any atom is -0.481 e. The highest BCUT2D eigenvalue weighted by Crippen LogP contribution is 2.20. The monoisotopic (exact) mass is 229 g/mol. The van der Waals surface area contributed by atoms with Gasteiger partial charge >= 0.3 is 5.97 Å². The van der Waals surface area contributed by atoms with Crippen molar-refractivity contribution in [1.29, 1.82) is 0 Å². The molecule has 1 aliphatic rings. The van der Waals surface area contributed by atoms with Crippen molar-refractivity contribution in [3.63, 3.8) is 0 Å². The van der Waals surface area contributed by atoms with Gasteiger partial charge in [0, 0.05) is 25.4 Å². The summed E-state index contributed by atoms with van der Waals surface area (Å²) < 4.78 is 0. The Kier molecular flexibility index (Phi) is 4.73. The van der Waals surface area contributed by atoms with Crippen LogP contribution in [0.25, 0.3) is 0 Å². The predicted octanol–water partition coefficient (Wildman–Crippen LogP) is 0.471. The first-order chi connectivity index (χ1) is 7.50. The maximum atomic E-state index is 11.7. The van der Waals surface area contributed by atoms with Gasteiger partial charge < -0.3 is 15.1 Å². The Hall–Kier alpha value is -1.10. The van der Waals surface area contributed by atoms with E-state index in [4.69, 9.17) is 5.11 Å². The summed E-state index contributed by atoms with van der Waals surface area (Å²) >= 11 is 0. The van der Waals surface area contributed by atoms with Crippen LogP contribution in [-0.4, -0.2) is 46.2 Å². The summed E-state index contributed by atoms with van der Waals surface area (Å²) in [7, 11) is 0. The van der Waals surface area contributed by atoms with Crippen molar-refractivity contribution in [3.8, 4) is 0 Å². The normalized spacial score (nSPS) is 22.9. The van der Waals surface area contributed by atoms with Crippen LogP contribution in [0.5, 0.6) is 0 Å². The van der Waals surface area contributed by atoms with Gasteiger partial charge in [0.2, 0.25) is 5.91 Å². The second-order valence-electron chi connectivity index (χ2n) is 4.38. The molecule has 5 nitrogen and oxygen atoms in total. The second kappa shape index (κ2) is 5.84. The van der Waals surface area contributed by atoms with Gasteiger partial charge in [-0.1, -0.05) is 0 Å². The van der Waals surface area contributed by atoms with Crippen LogP contribution in [0.3, 0.4) is 0 Å². The van der Waals surface area contributed by atoms with Crippen molar-refractivity contribution >= 4 is 11.9 Å². The Labute approximate surface area is 95.1 Å². The molecule has 0 unspecified atom stereocenters. The van der Waals surface area contributed by atoms with E-state index in [0.29, 0.717) is 13.1 Å². The van der Waals surface area contributed by atoms with E-state index in [1.54, 1.807) is 11.8 Å². The summed E-state index contributed by atoms with van der Waals surface area (Å²) in [5.41, 5.74) is 0. The molecule has 0 aromatic carbocycles. The third kappa shape index (κ3) is 3.81. The Bertz CT molecular complexity index is 265. The van der Waals surface area contributed by atoms with Crippen molar-refractivity contribution in [3.05, 3.63) is 0 Å². The number of aliphatic carboxylic acids is 1. The summed E-state index contributed by atoms with van der Waals surface area (Å²) in [6.45, 7) is 2.97. The van der Waals surface area contributed by atoms with E-state index in [1.807, 2.05) is 0 Å². The number of aliphatic hydroxyl groups is 1. The Morgan fingerprint density at radius 2 is 2.12 bits per heavy atom. The lowest BCUT2D eigenvalue weighted by Gasteiger charge is -2.34. The first-order valence-electron chi connectivity index (χ1n) is 5.68. The summed E-state index contributed by atoms with van der Waals surface area (Å²) in [5.74, 6) is -0.937. The number of carboxylic acids is 1. The number of carbonyl (C=O) groups is 2. The van der Waals surface area contributed by atoms with Crippen LogP contribution >= 0.6 is 0 Å². The van der Waals surface area contributed by atoms with Crippen LogP contribution in [0.2, 0.25) is 0 Å². The topological polar surface area (TPSA) is 77.8 Å². The number of carboxylic acid groups (broad SMARTS) is 1. The Balaban J connectivity index is 2.40. The standard InChI is InChI=1S/C11H19NO4/c1-8(13)9-3-2-6-12(7-9)10(14)4-5-11(15)16/h8-9,13H,2-7H2,1H3,(H,15,16)/t8-,9+/m1/s1. The van der Waals surface area contributed by atoms with E-state index in [0.717, 1.165) is 12.8 Å². The maximum absolute atomic E-state index is 11.7. The van der Waals surface area contributed by atoms with E-state index in [-0.39, 0.29) is 24.7 Å². The largest absolute Gasteiger partial charge is 0.481 e. The average molecular weight is 229 g/mol. The van der Waals surface area contributed by atoms with Crippen LogP contribution in [0.4, 0.5) is 0 Å². The highest BCUT2D eigenvalue weighted by molar-refractivity contribution is 5.80.